The highest BCUT2D eigenvalue weighted by Gasteiger charge is 2.24. The smallest absolute Gasteiger partial charge is 0.251 e. The van der Waals surface area contributed by atoms with Crippen molar-refractivity contribution in [1.29, 1.82) is 0 Å². The standard InChI is InChI=1S/C22H26N2O6/c1-29-19-4-3-14(9-20(19)30-2)10-21(27)24-7-5-16(6-8-24)23-22(28)15-11-17(25)13-18(26)12-15/h3-4,9,11-13,16,25-26H,5-8,10H2,1-2H3,(H,23,28). The zero-order valence-electron chi connectivity index (χ0n) is 17.1. The molecule has 0 saturated carbocycles. The molecule has 2 aromatic carbocycles. The van der Waals surface area contributed by atoms with Crippen molar-refractivity contribution in [1.82, 2.24) is 10.2 Å². The number of ether oxygens (including phenoxy) is 2. The Hall–Kier alpha value is -3.42. The summed E-state index contributed by atoms with van der Waals surface area (Å²) in [6, 6.07) is 9.12. The summed E-state index contributed by atoms with van der Waals surface area (Å²) in [5, 5.41) is 22.0. The Morgan fingerprint density at radius 1 is 1.00 bits per heavy atom. The first kappa shape index (κ1) is 21.3. The summed E-state index contributed by atoms with van der Waals surface area (Å²) in [6.07, 6.45) is 1.53. The van der Waals surface area contributed by atoms with Crippen molar-refractivity contribution in [2.45, 2.75) is 25.3 Å². The van der Waals surface area contributed by atoms with Gasteiger partial charge < -0.3 is 29.9 Å². The molecule has 1 fully saturated rings. The van der Waals surface area contributed by atoms with Gasteiger partial charge in [-0.15, -0.1) is 0 Å². The zero-order chi connectivity index (χ0) is 21.7. The summed E-state index contributed by atoms with van der Waals surface area (Å²) in [5.74, 6) is 0.514. The lowest BCUT2D eigenvalue weighted by molar-refractivity contribution is -0.131. The quantitative estimate of drug-likeness (QED) is 0.668. The van der Waals surface area contributed by atoms with Crippen molar-refractivity contribution in [3.8, 4) is 23.0 Å². The minimum absolute atomic E-state index is 0.0184. The monoisotopic (exact) mass is 414 g/mol. The maximum atomic E-state index is 12.7. The van der Waals surface area contributed by atoms with Crippen LogP contribution < -0.4 is 14.8 Å². The molecule has 0 bridgehead atoms. The van der Waals surface area contributed by atoms with Crippen molar-refractivity contribution in [2.24, 2.45) is 0 Å². The molecular weight excluding hydrogens is 388 g/mol. The number of piperidine rings is 1. The van der Waals surface area contributed by atoms with E-state index in [1.807, 2.05) is 6.07 Å². The first-order valence-electron chi connectivity index (χ1n) is 9.72. The second kappa shape index (κ2) is 9.39. The largest absolute Gasteiger partial charge is 0.508 e. The van der Waals surface area contributed by atoms with Crippen molar-refractivity contribution in [3.05, 3.63) is 47.5 Å². The molecule has 0 radical (unpaired) electrons. The van der Waals surface area contributed by atoms with Gasteiger partial charge in [-0.3, -0.25) is 9.59 Å². The van der Waals surface area contributed by atoms with Gasteiger partial charge in [0.05, 0.1) is 20.6 Å². The molecule has 3 rings (SSSR count). The van der Waals surface area contributed by atoms with Crippen LogP contribution in [0.25, 0.3) is 0 Å². The molecular formula is C22H26N2O6. The molecule has 0 atom stereocenters. The van der Waals surface area contributed by atoms with Gasteiger partial charge in [-0.2, -0.15) is 0 Å². The van der Waals surface area contributed by atoms with E-state index < -0.39 is 0 Å². The van der Waals surface area contributed by atoms with Gasteiger partial charge in [0, 0.05) is 30.8 Å². The number of aromatic hydroxyl groups is 2. The van der Waals surface area contributed by atoms with E-state index in [4.69, 9.17) is 9.47 Å². The van der Waals surface area contributed by atoms with E-state index in [-0.39, 0.29) is 41.3 Å². The number of methoxy groups -OCH3 is 2. The van der Waals surface area contributed by atoms with E-state index in [9.17, 15) is 19.8 Å². The third-order valence-corrected chi connectivity index (χ3v) is 5.15. The fourth-order valence-corrected chi connectivity index (χ4v) is 3.55. The molecule has 2 amide bonds. The minimum atomic E-state index is -0.365. The van der Waals surface area contributed by atoms with E-state index in [2.05, 4.69) is 5.32 Å². The highest BCUT2D eigenvalue weighted by molar-refractivity contribution is 5.95. The Balaban J connectivity index is 1.52. The van der Waals surface area contributed by atoms with Crippen LogP contribution in [0.1, 0.15) is 28.8 Å². The van der Waals surface area contributed by atoms with Crippen molar-refractivity contribution < 1.29 is 29.3 Å². The number of benzene rings is 2. The number of likely N-dealkylation sites (tertiary alicyclic amines) is 1. The lowest BCUT2D eigenvalue weighted by Crippen LogP contribution is -2.47. The van der Waals surface area contributed by atoms with Gasteiger partial charge in [0.25, 0.3) is 5.91 Å². The molecule has 0 spiro atoms. The molecule has 160 valence electrons. The second-order valence-corrected chi connectivity index (χ2v) is 7.23. The molecule has 1 saturated heterocycles. The predicted octanol–water partition coefficient (Wildman–Crippen LogP) is 2.08. The zero-order valence-corrected chi connectivity index (χ0v) is 17.1. The van der Waals surface area contributed by atoms with Crippen LogP contribution in [-0.4, -0.2) is 60.3 Å². The van der Waals surface area contributed by atoms with Crippen molar-refractivity contribution in [3.63, 3.8) is 0 Å². The van der Waals surface area contributed by atoms with Crippen molar-refractivity contribution in [2.75, 3.05) is 27.3 Å². The first-order chi connectivity index (χ1) is 14.4. The summed E-state index contributed by atoms with van der Waals surface area (Å²) in [7, 11) is 3.12. The lowest BCUT2D eigenvalue weighted by Gasteiger charge is -2.32. The van der Waals surface area contributed by atoms with Gasteiger partial charge in [0.15, 0.2) is 11.5 Å². The number of hydrogen-bond acceptors (Lipinski definition) is 6. The number of nitrogens with zero attached hydrogens (tertiary/aromatic N) is 1. The Morgan fingerprint density at radius 3 is 2.23 bits per heavy atom. The SMILES string of the molecule is COc1ccc(CC(=O)N2CCC(NC(=O)c3cc(O)cc(O)c3)CC2)cc1OC. The fourth-order valence-electron chi connectivity index (χ4n) is 3.55. The number of carbonyl (C=O) groups is 2. The molecule has 0 unspecified atom stereocenters. The van der Waals surface area contributed by atoms with Crippen LogP contribution in [0, 0.1) is 0 Å². The average Bonchev–Trinajstić information content (AvgIpc) is 2.73. The molecule has 1 aliphatic heterocycles. The first-order valence-corrected chi connectivity index (χ1v) is 9.72. The van der Waals surface area contributed by atoms with Crippen LogP contribution in [-0.2, 0) is 11.2 Å². The topological polar surface area (TPSA) is 108 Å². The summed E-state index contributed by atoms with van der Waals surface area (Å²) >= 11 is 0. The van der Waals surface area contributed by atoms with Gasteiger partial charge in [-0.1, -0.05) is 6.07 Å². The predicted molar refractivity (Wildman–Crippen MR) is 110 cm³/mol. The number of rotatable bonds is 6. The van der Waals surface area contributed by atoms with Crippen LogP contribution in [0.4, 0.5) is 0 Å². The maximum Gasteiger partial charge on any atom is 0.251 e. The van der Waals surface area contributed by atoms with E-state index in [0.29, 0.717) is 37.4 Å². The van der Waals surface area contributed by atoms with E-state index >= 15 is 0 Å². The number of nitrogens with one attached hydrogen (secondary N) is 1. The second-order valence-electron chi connectivity index (χ2n) is 7.23. The molecule has 0 aliphatic carbocycles. The Morgan fingerprint density at radius 2 is 1.63 bits per heavy atom. The summed E-state index contributed by atoms with van der Waals surface area (Å²) in [4.78, 5) is 26.8. The minimum Gasteiger partial charge on any atom is -0.508 e. The van der Waals surface area contributed by atoms with E-state index in [0.717, 1.165) is 5.56 Å². The molecule has 1 aliphatic rings. The molecule has 8 heteroatoms. The summed E-state index contributed by atoms with van der Waals surface area (Å²) in [5.41, 5.74) is 1.04. The van der Waals surface area contributed by atoms with E-state index in [1.54, 1.807) is 31.3 Å². The fraction of sp³-hybridized carbons (Fsp3) is 0.364. The molecule has 0 aromatic heterocycles. The molecule has 1 heterocycles. The van der Waals surface area contributed by atoms with Gasteiger partial charge in [-0.05, 0) is 42.7 Å². The molecule has 8 nitrogen and oxygen atoms in total. The number of phenols is 2. The Bertz CT molecular complexity index is 902. The molecule has 30 heavy (non-hydrogen) atoms. The Kier molecular flexibility index (Phi) is 6.66. The highest BCUT2D eigenvalue weighted by atomic mass is 16.5. The number of amides is 2. The average molecular weight is 414 g/mol. The molecule has 2 aromatic rings. The molecule has 3 N–H and O–H groups in total. The van der Waals surface area contributed by atoms with Crippen LogP contribution >= 0.6 is 0 Å². The Labute approximate surface area is 175 Å². The van der Waals surface area contributed by atoms with E-state index in [1.165, 1.54) is 18.2 Å². The third kappa shape index (κ3) is 5.14. The normalized spacial score (nSPS) is 14.3. The van der Waals surface area contributed by atoms with Gasteiger partial charge in [-0.25, -0.2) is 0 Å². The maximum absolute atomic E-state index is 12.7. The van der Waals surface area contributed by atoms with Gasteiger partial charge >= 0.3 is 0 Å². The van der Waals surface area contributed by atoms with Crippen LogP contribution in [0.15, 0.2) is 36.4 Å². The number of hydrogen-bond donors (Lipinski definition) is 3. The van der Waals surface area contributed by atoms with Crippen LogP contribution in [0.5, 0.6) is 23.0 Å². The van der Waals surface area contributed by atoms with Crippen LogP contribution in [0.2, 0.25) is 0 Å². The van der Waals surface area contributed by atoms with Gasteiger partial charge in [0.1, 0.15) is 11.5 Å². The highest BCUT2D eigenvalue weighted by Crippen LogP contribution is 2.28. The van der Waals surface area contributed by atoms with Crippen LogP contribution in [0.3, 0.4) is 0 Å². The lowest BCUT2D eigenvalue weighted by atomic mass is 10.0. The number of phenolic OH excluding ortho intramolecular Hbond substituents is 2. The number of carbonyl (C=O) groups excluding carboxylic acids is 2. The third-order valence-electron chi connectivity index (χ3n) is 5.15. The van der Waals surface area contributed by atoms with Crippen molar-refractivity contribution >= 4 is 11.8 Å². The summed E-state index contributed by atoms with van der Waals surface area (Å²) < 4.78 is 10.5. The summed E-state index contributed by atoms with van der Waals surface area (Å²) in [6.45, 7) is 1.09. The van der Waals surface area contributed by atoms with Gasteiger partial charge in [0.2, 0.25) is 5.91 Å².